The van der Waals surface area contributed by atoms with E-state index in [1.807, 2.05) is 24.3 Å². The predicted octanol–water partition coefficient (Wildman–Crippen LogP) is 3.99. The van der Waals surface area contributed by atoms with Crippen molar-refractivity contribution in [3.05, 3.63) is 43.2 Å². The van der Waals surface area contributed by atoms with Crippen LogP contribution in [0.3, 0.4) is 0 Å². The smallest absolute Gasteiger partial charge is 0.267 e. The first-order chi connectivity index (χ1) is 13.0. The van der Waals surface area contributed by atoms with Crippen molar-refractivity contribution in [2.45, 2.75) is 0 Å². The molecule has 6 nitrogen and oxygen atoms in total. The van der Waals surface area contributed by atoms with Crippen LogP contribution in [0.25, 0.3) is 22.0 Å². The Kier molecular flexibility index (Phi) is 5.01. The minimum absolute atomic E-state index is 0.204. The van der Waals surface area contributed by atoms with E-state index in [1.54, 1.807) is 13.2 Å². The Morgan fingerprint density at radius 3 is 2.30 bits per heavy atom. The molecule has 0 spiro atoms. The van der Waals surface area contributed by atoms with Gasteiger partial charge in [-0.2, -0.15) is 0 Å². The van der Waals surface area contributed by atoms with Gasteiger partial charge in [-0.1, -0.05) is 0 Å². The number of pyridine rings is 1. The molecule has 138 valence electrons. The average Bonchev–Trinajstić information content (AvgIpc) is 2.65. The number of fused-ring (bicyclic) bond motifs is 2. The van der Waals surface area contributed by atoms with Gasteiger partial charge in [0.2, 0.25) is 0 Å². The van der Waals surface area contributed by atoms with Gasteiger partial charge in [0.05, 0.1) is 19.9 Å². The number of rotatable bonds is 3. The standard InChI is InChI=1S/C19H14I2N2O4/c1-25-18-12(20)4-10(5-13(18)21)17-11-8-16-15(26-2-3-27-16)7-9(11)6-14(23-17)19(22)24/h4-8H,2-3H2,1H3,(H2,22,24). The van der Waals surface area contributed by atoms with Crippen LogP contribution in [0.4, 0.5) is 0 Å². The van der Waals surface area contributed by atoms with Gasteiger partial charge >= 0.3 is 0 Å². The second kappa shape index (κ2) is 7.30. The van der Waals surface area contributed by atoms with Gasteiger partial charge in [-0.05, 0) is 80.9 Å². The molecule has 0 atom stereocenters. The second-order valence-electron chi connectivity index (χ2n) is 5.91. The van der Waals surface area contributed by atoms with Crippen LogP contribution in [0.5, 0.6) is 17.2 Å². The van der Waals surface area contributed by atoms with Crippen molar-refractivity contribution in [3.8, 4) is 28.5 Å². The number of methoxy groups -OCH3 is 1. The van der Waals surface area contributed by atoms with E-state index in [-0.39, 0.29) is 5.69 Å². The Morgan fingerprint density at radius 2 is 1.70 bits per heavy atom. The molecule has 0 fully saturated rings. The predicted molar refractivity (Wildman–Crippen MR) is 119 cm³/mol. The highest BCUT2D eigenvalue weighted by molar-refractivity contribution is 14.1. The third kappa shape index (κ3) is 3.40. The fourth-order valence-corrected chi connectivity index (χ4v) is 5.24. The lowest BCUT2D eigenvalue weighted by atomic mass is 10.0. The van der Waals surface area contributed by atoms with Crippen LogP contribution >= 0.6 is 45.2 Å². The molecule has 0 radical (unpaired) electrons. The van der Waals surface area contributed by atoms with E-state index in [4.69, 9.17) is 19.9 Å². The molecule has 2 aromatic carbocycles. The van der Waals surface area contributed by atoms with Gasteiger partial charge in [0.1, 0.15) is 24.7 Å². The first-order valence-electron chi connectivity index (χ1n) is 8.05. The van der Waals surface area contributed by atoms with Crippen LogP contribution < -0.4 is 19.9 Å². The summed E-state index contributed by atoms with van der Waals surface area (Å²) in [4.78, 5) is 16.4. The van der Waals surface area contributed by atoms with Crippen molar-refractivity contribution in [2.24, 2.45) is 5.73 Å². The van der Waals surface area contributed by atoms with Gasteiger partial charge in [-0.3, -0.25) is 4.79 Å². The van der Waals surface area contributed by atoms with E-state index in [9.17, 15) is 4.79 Å². The highest BCUT2D eigenvalue weighted by Crippen LogP contribution is 2.40. The maximum absolute atomic E-state index is 11.8. The highest BCUT2D eigenvalue weighted by atomic mass is 127. The molecular formula is C19H14I2N2O4. The summed E-state index contributed by atoms with van der Waals surface area (Å²) in [5, 5.41) is 1.68. The van der Waals surface area contributed by atoms with Crippen molar-refractivity contribution in [1.29, 1.82) is 0 Å². The summed E-state index contributed by atoms with van der Waals surface area (Å²) in [5.74, 6) is 1.55. The Hall–Kier alpha value is -1.82. The SMILES string of the molecule is COc1c(I)cc(-c2nc(C(N)=O)cc3cc4c(cc23)OCCO4)cc1I. The number of carbonyl (C=O) groups excluding carboxylic acids is 1. The van der Waals surface area contributed by atoms with Gasteiger partial charge in [0.15, 0.2) is 11.5 Å². The summed E-state index contributed by atoms with van der Waals surface area (Å²) in [6.07, 6.45) is 0. The third-order valence-corrected chi connectivity index (χ3v) is 5.82. The second-order valence-corrected chi connectivity index (χ2v) is 8.23. The van der Waals surface area contributed by atoms with Crippen molar-refractivity contribution in [2.75, 3.05) is 20.3 Å². The van der Waals surface area contributed by atoms with E-state index in [0.29, 0.717) is 30.4 Å². The molecule has 2 heterocycles. The normalized spacial score (nSPS) is 12.9. The highest BCUT2D eigenvalue weighted by Gasteiger charge is 2.19. The summed E-state index contributed by atoms with van der Waals surface area (Å²) in [6, 6.07) is 9.40. The number of nitrogens with two attached hydrogens (primary N) is 1. The molecule has 3 aromatic rings. The Labute approximate surface area is 182 Å². The maximum atomic E-state index is 11.8. The molecule has 0 unspecified atom stereocenters. The number of halogens is 2. The number of hydrogen-bond donors (Lipinski definition) is 1. The van der Waals surface area contributed by atoms with Gasteiger partial charge in [0, 0.05) is 10.9 Å². The van der Waals surface area contributed by atoms with Crippen molar-refractivity contribution in [3.63, 3.8) is 0 Å². The molecule has 1 amide bonds. The van der Waals surface area contributed by atoms with Crippen LogP contribution in [0.2, 0.25) is 0 Å². The number of amides is 1. The van der Waals surface area contributed by atoms with Gasteiger partial charge in [-0.25, -0.2) is 4.98 Å². The van der Waals surface area contributed by atoms with E-state index < -0.39 is 5.91 Å². The molecule has 0 saturated heterocycles. The maximum Gasteiger partial charge on any atom is 0.267 e. The lowest BCUT2D eigenvalue weighted by molar-refractivity contribution is 0.0996. The Balaban J connectivity index is 2.02. The van der Waals surface area contributed by atoms with Crippen LogP contribution in [0.15, 0.2) is 30.3 Å². The molecule has 0 aliphatic carbocycles. The zero-order chi connectivity index (χ0) is 19.1. The zero-order valence-electron chi connectivity index (χ0n) is 14.2. The molecule has 1 aliphatic heterocycles. The van der Waals surface area contributed by atoms with Crippen LogP contribution in [-0.4, -0.2) is 31.2 Å². The Bertz CT molecular complexity index is 1060. The number of ether oxygens (including phenoxy) is 3. The Morgan fingerprint density at radius 1 is 1.07 bits per heavy atom. The zero-order valence-corrected chi connectivity index (χ0v) is 18.5. The van der Waals surface area contributed by atoms with E-state index >= 15 is 0 Å². The topological polar surface area (TPSA) is 83.7 Å². The molecule has 1 aliphatic rings. The quantitative estimate of drug-likeness (QED) is 0.469. The number of carbonyl (C=O) groups is 1. The van der Waals surface area contributed by atoms with Crippen LogP contribution in [-0.2, 0) is 0 Å². The number of benzene rings is 2. The molecule has 1 aromatic heterocycles. The minimum Gasteiger partial charge on any atom is -0.495 e. The molecule has 2 N–H and O–H groups in total. The fraction of sp³-hybridized carbons (Fsp3) is 0.158. The average molecular weight is 588 g/mol. The molecule has 0 saturated carbocycles. The first kappa shape index (κ1) is 18.5. The fourth-order valence-electron chi connectivity index (χ4n) is 3.03. The van der Waals surface area contributed by atoms with Crippen molar-refractivity contribution >= 4 is 61.9 Å². The third-order valence-electron chi connectivity index (χ3n) is 4.22. The monoisotopic (exact) mass is 588 g/mol. The summed E-state index contributed by atoms with van der Waals surface area (Å²) in [6.45, 7) is 0.993. The molecule has 0 bridgehead atoms. The van der Waals surface area contributed by atoms with E-state index in [1.165, 1.54) is 0 Å². The lowest BCUT2D eigenvalue weighted by Crippen LogP contribution is -2.16. The largest absolute Gasteiger partial charge is 0.495 e. The van der Waals surface area contributed by atoms with E-state index in [2.05, 4.69) is 50.2 Å². The number of hydrogen-bond acceptors (Lipinski definition) is 5. The van der Waals surface area contributed by atoms with Crippen LogP contribution in [0.1, 0.15) is 10.5 Å². The number of nitrogens with zero attached hydrogens (tertiary/aromatic N) is 1. The molecule has 8 heteroatoms. The summed E-state index contributed by atoms with van der Waals surface area (Å²) >= 11 is 4.45. The number of aromatic nitrogens is 1. The van der Waals surface area contributed by atoms with Crippen LogP contribution in [0, 0.1) is 7.14 Å². The van der Waals surface area contributed by atoms with Gasteiger partial charge in [0.25, 0.3) is 5.91 Å². The minimum atomic E-state index is -0.578. The van der Waals surface area contributed by atoms with E-state index in [0.717, 1.165) is 29.2 Å². The van der Waals surface area contributed by atoms with Crippen molar-refractivity contribution in [1.82, 2.24) is 4.98 Å². The van der Waals surface area contributed by atoms with Gasteiger partial charge < -0.3 is 19.9 Å². The molecule has 27 heavy (non-hydrogen) atoms. The van der Waals surface area contributed by atoms with Gasteiger partial charge in [-0.15, -0.1) is 0 Å². The lowest BCUT2D eigenvalue weighted by Gasteiger charge is -2.20. The first-order valence-corrected chi connectivity index (χ1v) is 10.2. The molecular weight excluding hydrogens is 574 g/mol. The number of primary amides is 1. The summed E-state index contributed by atoms with van der Waals surface area (Å²) < 4.78 is 18.7. The summed E-state index contributed by atoms with van der Waals surface area (Å²) in [5.41, 5.74) is 7.25. The van der Waals surface area contributed by atoms with Crippen molar-refractivity contribution < 1.29 is 19.0 Å². The molecule has 4 rings (SSSR count). The summed E-state index contributed by atoms with van der Waals surface area (Å²) in [7, 11) is 1.64.